The third kappa shape index (κ3) is 5.75. The Kier molecular flexibility index (Phi) is 8.04. The number of rotatable bonds is 9. The summed E-state index contributed by atoms with van der Waals surface area (Å²) in [5.41, 5.74) is 0.251. The summed E-state index contributed by atoms with van der Waals surface area (Å²) in [5, 5.41) is 14.9. The number of methoxy groups -OCH3 is 1. The van der Waals surface area contributed by atoms with Gasteiger partial charge in [-0.1, -0.05) is 31.9 Å². The molecule has 0 aliphatic heterocycles. The van der Waals surface area contributed by atoms with E-state index in [1.54, 1.807) is 19.9 Å². The molecule has 3 N–H and O–H groups in total. The number of amides is 2. The van der Waals surface area contributed by atoms with Crippen LogP contribution in [0, 0.1) is 12.8 Å². The van der Waals surface area contributed by atoms with Gasteiger partial charge in [0, 0.05) is 11.5 Å². The third-order valence-electron chi connectivity index (χ3n) is 5.14. The summed E-state index contributed by atoms with van der Waals surface area (Å²) in [6.45, 7) is 4.78. The van der Waals surface area contributed by atoms with Gasteiger partial charge in [-0.15, -0.1) is 0 Å². The predicted molar refractivity (Wildman–Crippen MR) is 115 cm³/mol. The second-order valence-corrected chi connectivity index (χ2v) is 7.61. The van der Waals surface area contributed by atoms with Crippen LogP contribution in [0.25, 0.3) is 11.0 Å². The van der Waals surface area contributed by atoms with E-state index in [0.29, 0.717) is 28.1 Å². The van der Waals surface area contributed by atoms with E-state index in [-0.39, 0.29) is 23.5 Å². The molecule has 0 spiro atoms. The minimum Gasteiger partial charge on any atom is -0.495 e. The number of aliphatic carboxylic acids is 1. The number of carbonyl (C=O) groups is 3. The molecule has 0 saturated heterocycles. The first-order chi connectivity index (χ1) is 14.6. The summed E-state index contributed by atoms with van der Waals surface area (Å²) in [4.78, 5) is 48.0. The molecule has 0 bridgehead atoms. The monoisotopic (exact) mass is 452 g/mol. The Morgan fingerprint density at radius 2 is 1.94 bits per heavy atom. The maximum atomic E-state index is 12.4. The number of nitrogens with one attached hydrogen (secondary N) is 2. The van der Waals surface area contributed by atoms with E-state index in [9.17, 15) is 24.3 Å². The molecule has 31 heavy (non-hydrogen) atoms. The topological polar surface area (TPSA) is 135 Å². The lowest BCUT2D eigenvalue weighted by Gasteiger charge is -2.20. The number of benzene rings is 1. The number of halogens is 1. The van der Waals surface area contributed by atoms with Gasteiger partial charge in [-0.05, 0) is 24.5 Å². The van der Waals surface area contributed by atoms with Crippen LogP contribution in [0.2, 0.25) is 5.02 Å². The SMILES string of the molecule is CC[C@@H](C)[C@H](NC(=O)CNC(=O)Cc1c(C)c2cc(Cl)c(OC)cc2oc1=O)C(=O)O. The Labute approximate surface area is 183 Å². The molecule has 1 heterocycles. The number of carboxylic acids is 1. The molecule has 1 aromatic heterocycles. The van der Waals surface area contributed by atoms with Gasteiger partial charge < -0.3 is 24.9 Å². The van der Waals surface area contributed by atoms with Crippen molar-refractivity contribution in [3.05, 3.63) is 38.7 Å². The van der Waals surface area contributed by atoms with Crippen molar-refractivity contribution >= 4 is 40.4 Å². The summed E-state index contributed by atoms with van der Waals surface area (Å²) in [7, 11) is 1.44. The number of hydrogen-bond donors (Lipinski definition) is 3. The van der Waals surface area contributed by atoms with Crippen LogP contribution >= 0.6 is 11.6 Å². The maximum Gasteiger partial charge on any atom is 0.340 e. The molecule has 2 rings (SSSR count). The molecule has 0 radical (unpaired) electrons. The van der Waals surface area contributed by atoms with Crippen molar-refractivity contribution in [1.29, 1.82) is 0 Å². The predicted octanol–water partition coefficient (Wildman–Crippen LogP) is 2.04. The number of hydrogen-bond acceptors (Lipinski definition) is 6. The van der Waals surface area contributed by atoms with E-state index in [1.807, 2.05) is 6.92 Å². The van der Waals surface area contributed by atoms with E-state index < -0.39 is 36.0 Å². The molecule has 0 saturated carbocycles. The van der Waals surface area contributed by atoms with Crippen molar-refractivity contribution in [1.82, 2.24) is 10.6 Å². The first-order valence-corrected chi connectivity index (χ1v) is 10.0. The van der Waals surface area contributed by atoms with Crippen LogP contribution < -0.4 is 21.0 Å². The summed E-state index contributed by atoms with van der Waals surface area (Å²) in [5.74, 6) is -2.28. The molecule has 0 unspecified atom stereocenters. The first kappa shape index (κ1) is 24.2. The molecule has 1 aromatic carbocycles. The molecule has 0 fully saturated rings. The zero-order valence-electron chi connectivity index (χ0n) is 17.7. The summed E-state index contributed by atoms with van der Waals surface area (Å²) in [6.07, 6.45) is 0.255. The summed E-state index contributed by atoms with van der Waals surface area (Å²) < 4.78 is 10.4. The van der Waals surface area contributed by atoms with Crippen LogP contribution in [0.5, 0.6) is 5.75 Å². The van der Waals surface area contributed by atoms with Crippen molar-refractivity contribution in [2.75, 3.05) is 13.7 Å². The van der Waals surface area contributed by atoms with Gasteiger partial charge in [-0.2, -0.15) is 0 Å². The van der Waals surface area contributed by atoms with Crippen molar-refractivity contribution in [2.45, 2.75) is 39.7 Å². The van der Waals surface area contributed by atoms with Gasteiger partial charge in [0.1, 0.15) is 17.4 Å². The normalized spacial score (nSPS) is 12.8. The minimum atomic E-state index is -1.14. The number of carbonyl (C=O) groups excluding carboxylic acids is 2. The van der Waals surface area contributed by atoms with Crippen LogP contribution in [0.15, 0.2) is 21.3 Å². The van der Waals surface area contributed by atoms with Crippen molar-refractivity contribution < 1.29 is 28.6 Å². The summed E-state index contributed by atoms with van der Waals surface area (Å²) in [6, 6.07) is 2.03. The first-order valence-electron chi connectivity index (χ1n) is 9.67. The molecule has 2 atom stereocenters. The fourth-order valence-corrected chi connectivity index (χ4v) is 3.30. The van der Waals surface area contributed by atoms with E-state index >= 15 is 0 Å². The highest BCUT2D eigenvalue weighted by Crippen LogP contribution is 2.31. The molecule has 10 heteroatoms. The van der Waals surface area contributed by atoms with Crippen LogP contribution in [0.1, 0.15) is 31.4 Å². The Morgan fingerprint density at radius 3 is 2.52 bits per heavy atom. The van der Waals surface area contributed by atoms with Crippen molar-refractivity contribution in [3.8, 4) is 5.75 Å². The lowest BCUT2D eigenvalue weighted by molar-refractivity contribution is -0.143. The molecule has 0 aliphatic rings. The molecule has 9 nitrogen and oxygen atoms in total. The van der Waals surface area contributed by atoms with Gasteiger partial charge in [0.25, 0.3) is 0 Å². The Balaban J connectivity index is 2.11. The zero-order chi connectivity index (χ0) is 23.3. The largest absolute Gasteiger partial charge is 0.495 e. The Bertz CT molecular complexity index is 1060. The highest BCUT2D eigenvalue weighted by atomic mass is 35.5. The van der Waals surface area contributed by atoms with Gasteiger partial charge in [0.05, 0.1) is 30.7 Å². The zero-order valence-corrected chi connectivity index (χ0v) is 18.5. The second-order valence-electron chi connectivity index (χ2n) is 7.20. The number of aryl methyl sites for hydroxylation is 1. The fraction of sp³-hybridized carbons (Fsp3) is 0.429. The lowest BCUT2D eigenvalue weighted by Crippen LogP contribution is -2.48. The average Bonchev–Trinajstić information content (AvgIpc) is 2.73. The van der Waals surface area contributed by atoms with Crippen LogP contribution in [0.4, 0.5) is 0 Å². The van der Waals surface area contributed by atoms with E-state index in [2.05, 4.69) is 10.6 Å². The number of carboxylic acid groups (broad SMARTS) is 1. The van der Waals surface area contributed by atoms with E-state index in [0.717, 1.165) is 0 Å². The maximum absolute atomic E-state index is 12.4. The molecular weight excluding hydrogens is 428 g/mol. The molecular formula is C21H25ClN2O7. The van der Waals surface area contributed by atoms with E-state index in [1.165, 1.54) is 13.2 Å². The Morgan fingerprint density at radius 1 is 1.26 bits per heavy atom. The van der Waals surface area contributed by atoms with Gasteiger partial charge in [-0.25, -0.2) is 9.59 Å². The lowest BCUT2D eigenvalue weighted by atomic mass is 9.99. The molecule has 2 amide bonds. The van der Waals surface area contributed by atoms with Gasteiger partial charge in [0.15, 0.2) is 0 Å². The number of fused-ring (bicyclic) bond motifs is 1. The summed E-state index contributed by atoms with van der Waals surface area (Å²) >= 11 is 6.14. The van der Waals surface area contributed by atoms with Gasteiger partial charge in [0.2, 0.25) is 11.8 Å². The minimum absolute atomic E-state index is 0.134. The van der Waals surface area contributed by atoms with Crippen LogP contribution in [0.3, 0.4) is 0 Å². The fourth-order valence-electron chi connectivity index (χ4n) is 3.06. The van der Waals surface area contributed by atoms with Gasteiger partial charge in [-0.3, -0.25) is 9.59 Å². The molecule has 2 aromatic rings. The highest BCUT2D eigenvalue weighted by molar-refractivity contribution is 6.32. The Hall–Kier alpha value is -3.07. The molecule has 0 aliphatic carbocycles. The highest BCUT2D eigenvalue weighted by Gasteiger charge is 2.25. The smallest absolute Gasteiger partial charge is 0.340 e. The quantitative estimate of drug-likeness (QED) is 0.495. The van der Waals surface area contributed by atoms with Crippen molar-refractivity contribution in [3.63, 3.8) is 0 Å². The van der Waals surface area contributed by atoms with E-state index in [4.69, 9.17) is 20.8 Å². The van der Waals surface area contributed by atoms with Crippen molar-refractivity contribution in [2.24, 2.45) is 5.92 Å². The van der Waals surface area contributed by atoms with Crippen LogP contribution in [-0.2, 0) is 20.8 Å². The third-order valence-corrected chi connectivity index (χ3v) is 5.43. The standard InChI is InChI=1S/C21H25ClN2O7/c1-5-10(2)19(20(27)28)24-18(26)9-23-17(25)7-13-11(3)12-6-14(22)16(30-4)8-15(12)31-21(13)29/h6,8,10,19H,5,7,9H2,1-4H3,(H,23,25)(H,24,26)(H,27,28)/t10-,19+/m1/s1. The second kappa shape index (κ2) is 10.3. The van der Waals surface area contributed by atoms with Gasteiger partial charge >= 0.3 is 11.6 Å². The average molecular weight is 453 g/mol. The molecule has 168 valence electrons. The van der Waals surface area contributed by atoms with Crippen LogP contribution in [-0.4, -0.2) is 42.6 Å². The number of ether oxygens (including phenoxy) is 1.